The van der Waals surface area contributed by atoms with Gasteiger partial charge in [0.25, 0.3) is 0 Å². The number of halogens is 1. The van der Waals surface area contributed by atoms with Crippen LogP contribution in [0.25, 0.3) is 0 Å². The highest BCUT2D eigenvalue weighted by Crippen LogP contribution is 2.30. The maximum atomic E-state index is 14.2. The van der Waals surface area contributed by atoms with Gasteiger partial charge in [-0.3, -0.25) is 4.79 Å². The number of hydrogen-bond donors (Lipinski definition) is 3. The van der Waals surface area contributed by atoms with Gasteiger partial charge < -0.3 is 25.4 Å². The van der Waals surface area contributed by atoms with Crippen LogP contribution in [0, 0.1) is 5.82 Å². The summed E-state index contributed by atoms with van der Waals surface area (Å²) in [6.45, 7) is 2.19. The third kappa shape index (κ3) is 7.15. The zero-order chi connectivity index (χ0) is 26.0. The first-order valence-corrected chi connectivity index (χ1v) is 12.4. The largest absolute Gasteiger partial charge is 0.453 e. The van der Waals surface area contributed by atoms with Gasteiger partial charge >= 0.3 is 6.09 Å². The molecule has 1 saturated heterocycles. The second-order valence-electron chi connectivity index (χ2n) is 8.94. The minimum Gasteiger partial charge on any atom is -0.453 e. The molecule has 1 aliphatic rings. The Morgan fingerprint density at radius 1 is 1.05 bits per heavy atom. The molecule has 194 valence electrons. The summed E-state index contributed by atoms with van der Waals surface area (Å²) in [4.78, 5) is 26.1. The van der Waals surface area contributed by atoms with Crippen molar-refractivity contribution in [3.63, 3.8) is 0 Å². The molecule has 3 aromatic rings. The molecule has 3 aromatic carbocycles. The number of amides is 2. The fraction of sp³-hybridized carbons (Fsp3) is 0.310. The van der Waals surface area contributed by atoms with Gasteiger partial charge in [0.2, 0.25) is 5.91 Å². The molecule has 3 N–H and O–H groups in total. The van der Waals surface area contributed by atoms with Crippen LogP contribution < -0.4 is 16.0 Å². The van der Waals surface area contributed by atoms with Crippen molar-refractivity contribution in [1.82, 2.24) is 10.6 Å². The van der Waals surface area contributed by atoms with Crippen LogP contribution in [0.1, 0.15) is 29.0 Å². The minimum atomic E-state index is -0.999. The Kier molecular flexibility index (Phi) is 9.24. The van der Waals surface area contributed by atoms with Crippen LogP contribution in [0.15, 0.2) is 78.9 Å². The molecule has 2 atom stereocenters. The molecule has 0 saturated carbocycles. The van der Waals surface area contributed by atoms with E-state index in [4.69, 9.17) is 9.47 Å². The molecule has 37 heavy (non-hydrogen) atoms. The molecule has 4 rings (SSSR count). The number of carbonyl (C=O) groups excluding carboxylic acids is 2. The molecule has 8 heteroatoms. The average molecular weight is 506 g/mol. The smallest absolute Gasteiger partial charge is 0.407 e. The fourth-order valence-corrected chi connectivity index (χ4v) is 4.61. The minimum absolute atomic E-state index is 0.0230. The van der Waals surface area contributed by atoms with Crippen molar-refractivity contribution in [3.05, 3.63) is 101 Å². The van der Waals surface area contributed by atoms with E-state index in [1.807, 2.05) is 60.7 Å². The highest BCUT2D eigenvalue weighted by Gasteiger charge is 2.33. The van der Waals surface area contributed by atoms with E-state index in [9.17, 15) is 14.0 Å². The van der Waals surface area contributed by atoms with Gasteiger partial charge in [-0.05, 0) is 47.7 Å². The number of methoxy groups -OCH3 is 1. The molecular formula is C29H32FN3O4. The number of carbonyl (C=O) groups is 2. The molecule has 1 heterocycles. The van der Waals surface area contributed by atoms with Gasteiger partial charge in [-0.1, -0.05) is 60.7 Å². The van der Waals surface area contributed by atoms with E-state index in [0.717, 1.165) is 24.2 Å². The first kappa shape index (κ1) is 26.3. The lowest BCUT2D eigenvalue weighted by Crippen LogP contribution is -2.48. The van der Waals surface area contributed by atoms with Gasteiger partial charge in [-0.2, -0.15) is 0 Å². The highest BCUT2D eigenvalue weighted by atomic mass is 19.1. The van der Waals surface area contributed by atoms with Crippen molar-refractivity contribution in [2.24, 2.45) is 0 Å². The average Bonchev–Trinajstić information content (AvgIpc) is 2.94. The first-order valence-electron chi connectivity index (χ1n) is 12.4. The normalized spacial score (nSPS) is 16.1. The summed E-state index contributed by atoms with van der Waals surface area (Å²) in [7, 11) is 1.25. The Morgan fingerprint density at radius 2 is 1.73 bits per heavy atom. The van der Waals surface area contributed by atoms with Crippen LogP contribution >= 0.6 is 0 Å². The van der Waals surface area contributed by atoms with Gasteiger partial charge in [0.15, 0.2) is 0 Å². The molecule has 0 aromatic heterocycles. The molecule has 0 bridgehead atoms. The van der Waals surface area contributed by atoms with E-state index in [1.165, 1.54) is 19.2 Å². The van der Waals surface area contributed by atoms with E-state index < -0.39 is 24.0 Å². The maximum absolute atomic E-state index is 14.2. The standard InChI is InChI=1S/C29H32FN3O4/c1-36-29(35)33-27(26(20-8-4-2-5-9-20)21-10-6-3-7-11-21)28(34)32-25-15-13-23(30)18-22(25)12-14-24-19-31-16-17-37-24/h2-11,13,15,18,24,26-27,31H,12,14,16-17,19H2,1H3,(H,32,34)(H,33,35)/t24-,27+/m1/s1. The van der Waals surface area contributed by atoms with Crippen molar-refractivity contribution in [2.75, 3.05) is 32.1 Å². The Morgan fingerprint density at radius 3 is 2.32 bits per heavy atom. The monoisotopic (exact) mass is 505 g/mol. The van der Waals surface area contributed by atoms with E-state index in [0.29, 0.717) is 30.7 Å². The van der Waals surface area contributed by atoms with E-state index >= 15 is 0 Å². The topological polar surface area (TPSA) is 88.7 Å². The van der Waals surface area contributed by atoms with E-state index in [-0.39, 0.29) is 11.9 Å². The van der Waals surface area contributed by atoms with Crippen molar-refractivity contribution >= 4 is 17.7 Å². The molecule has 0 spiro atoms. The first-order chi connectivity index (χ1) is 18.0. The Labute approximate surface area is 216 Å². The maximum Gasteiger partial charge on any atom is 0.407 e. The Bertz CT molecular complexity index is 1130. The number of ether oxygens (including phenoxy) is 2. The van der Waals surface area contributed by atoms with Crippen LogP contribution in [-0.4, -0.2) is 51.0 Å². The zero-order valence-corrected chi connectivity index (χ0v) is 20.8. The van der Waals surface area contributed by atoms with Crippen molar-refractivity contribution in [3.8, 4) is 0 Å². The summed E-state index contributed by atoms with van der Waals surface area (Å²) < 4.78 is 24.8. The van der Waals surface area contributed by atoms with Crippen molar-refractivity contribution in [1.29, 1.82) is 0 Å². The molecule has 1 aliphatic heterocycles. The van der Waals surface area contributed by atoms with Crippen LogP contribution in [0.5, 0.6) is 0 Å². The van der Waals surface area contributed by atoms with Crippen LogP contribution in [0.4, 0.5) is 14.9 Å². The van der Waals surface area contributed by atoms with Crippen molar-refractivity contribution < 1.29 is 23.5 Å². The molecule has 2 amide bonds. The number of aryl methyl sites for hydroxylation is 1. The lowest BCUT2D eigenvalue weighted by Gasteiger charge is -2.28. The summed E-state index contributed by atoms with van der Waals surface area (Å²) >= 11 is 0. The van der Waals surface area contributed by atoms with Gasteiger partial charge in [0.05, 0.1) is 19.8 Å². The number of hydrogen-bond acceptors (Lipinski definition) is 5. The molecule has 7 nitrogen and oxygen atoms in total. The Hall–Kier alpha value is -3.75. The molecule has 0 radical (unpaired) electrons. The van der Waals surface area contributed by atoms with Crippen LogP contribution in [-0.2, 0) is 20.7 Å². The predicted octanol–water partition coefficient (Wildman–Crippen LogP) is 4.24. The van der Waals surface area contributed by atoms with Crippen molar-refractivity contribution in [2.45, 2.75) is 30.9 Å². The lowest BCUT2D eigenvalue weighted by atomic mass is 9.84. The lowest BCUT2D eigenvalue weighted by molar-refractivity contribution is -0.118. The predicted molar refractivity (Wildman–Crippen MR) is 140 cm³/mol. The third-order valence-electron chi connectivity index (χ3n) is 6.46. The Balaban J connectivity index is 1.63. The third-order valence-corrected chi connectivity index (χ3v) is 6.46. The SMILES string of the molecule is COC(=O)N[C@H](C(=O)Nc1ccc(F)cc1CC[C@@H]1CNCCO1)C(c1ccccc1)c1ccccc1. The van der Waals surface area contributed by atoms with Gasteiger partial charge in [-0.15, -0.1) is 0 Å². The quantitative estimate of drug-likeness (QED) is 0.405. The number of nitrogens with one attached hydrogen (secondary N) is 3. The molecule has 1 fully saturated rings. The number of anilines is 1. The summed E-state index contributed by atoms with van der Waals surface area (Å²) in [5.74, 6) is -1.31. The summed E-state index contributed by atoms with van der Waals surface area (Å²) in [5, 5.41) is 8.96. The highest BCUT2D eigenvalue weighted by molar-refractivity contribution is 5.98. The number of benzene rings is 3. The van der Waals surface area contributed by atoms with Gasteiger partial charge in [0, 0.05) is 24.7 Å². The summed E-state index contributed by atoms with van der Waals surface area (Å²) in [5.41, 5.74) is 2.86. The van der Waals surface area contributed by atoms with E-state index in [1.54, 1.807) is 6.07 Å². The van der Waals surface area contributed by atoms with Gasteiger partial charge in [-0.25, -0.2) is 9.18 Å². The van der Waals surface area contributed by atoms with Crippen LogP contribution in [0.2, 0.25) is 0 Å². The molecular weight excluding hydrogens is 473 g/mol. The van der Waals surface area contributed by atoms with E-state index in [2.05, 4.69) is 16.0 Å². The van der Waals surface area contributed by atoms with Crippen LogP contribution in [0.3, 0.4) is 0 Å². The summed E-state index contributed by atoms with van der Waals surface area (Å²) in [6.07, 6.45) is 0.503. The molecule has 0 unspecified atom stereocenters. The second kappa shape index (κ2) is 13.0. The van der Waals surface area contributed by atoms with Gasteiger partial charge in [0.1, 0.15) is 11.9 Å². The fourth-order valence-electron chi connectivity index (χ4n) is 4.61. The molecule has 0 aliphatic carbocycles. The zero-order valence-electron chi connectivity index (χ0n) is 20.8. The number of rotatable bonds is 9. The summed E-state index contributed by atoms with van der Waals surface area (Å²) in [6, 6.07) is 22.3. The second-order valence-corrected chi connectivity index (χ2v) is 8.94. The number of alkyl carbamates (subject to hydrolysis) is 1. The number of morpholine rings is 1.